The number of aryl methyl sites for hydroxylation is 1. The third-order valence-electron chi connectivity index (χ3n) is 4.61. The minimum absolute atomic E-state index is 0.578. The van der Waals surface area contributed by atoms with E-state index in [-0.39, 0.29) is 0 Å². The Bertz CT molecular complexity index is 1090. The van der Waals surface area contributed by atoms with E-state index in [0.29, 0.717) is 11.7 Å². The summed E-state index contributed by atoms with van der Waals surface area (Å²) in [4.78, 5) is 0. The van der Waals surface area contributed by atoms with Crippen LogP contribution in [-0.4, -0.2) is 14.9 Å². The van der Waals surface area contributed by atoms with Gasteiger partial charge in [-0.15, -0.1) is 0 Å². The summed E-state index contributed by atoms with van der Waals surface area (Å²) in [7, 11) is 0. The Labute approximate surface area is 176 Å². The summed E-state index contributed by atoms with van der Waals surface area (Å²) >= 11 is 5.48. The summed E-state index contributed by atoms with van der Waals surface area (Å²) in [6.07, 6.45) is 2.05. The maximum atomic E-state index is 5.48. The molecule has 4 aromatic rings. The molecule has 3 aromatic carbocycles. The van der Waals surface area contributed by atoms with Crippen molar-refractivity contribution < 1.29 is 0 Å². The van der Waals surface area contributed by atoms with Crippen LogP contribution in [0.15, 0.2) is 91.1 Å². The van der Waals surface area contributed by atoms with Crippen molar-refractivity contribution in [2.45, 2.75) is 13.5 Å². The normalized spacial score (nSPS) is 10.5. The lowest BCUT2D eigenvalue weighted by Gasteiger charge is -2.11. The Morgan fingerprint density at radius 3 is 2.24 bits per heavy atom. The number of hydrogen-bond donors (Lipinski definition) is 2. The van der Waals surface area contributed by atoms with Gasteiger partial charge in [-0.1, -0.05) is 66.2 Å². The van der Waals surface area contributed by atoms with Crippen molar-refractivity contribution in [3.8, 4) is 16.9 Å². The van der Waals surface area contributed by atoms with E-state index in [4.69, 9.17) is 17.3 Å². The number of thiocarbonyl (C=S) groups is 1. The molecule has 4 rings (SSSR count). The Hall–Kier alpha value is -3.44. The predicted octanol–water partition coefficient (Wildman–Crippen LogP) is 5.33. The molecule has 4 nitrogen and oxygen atoms in total. The van der Waals surface area contributed by atoms with Crippen molar-refractivity contribution >= 4 is 23.0 Å². The summed E-state index contributed by atoms with van der Waals surface area (Å²) in [5.74, 6) is 0. The van der Waals surface area contributed by atoms with Crippen LogP contribution in [0.4, 0.5) is 5.69 Å². The first-order valence-electron chi connectivity index (χ1n) is 9.50. The van der Waals surface area contributed by atoms with Crippen molar-refractivity contribution in [3.05, 3.63) is 102 Å². The smallest absolute Gasteiger partial charge is 0.171 e. The topological polar surface area (TPSA) is 41.9 Å². The van der Waals surface area contributed by atoms with E-state index >= 15 is 0 Å². The molecule has 0 atom stereocenters. The van der Waals surface area contributed by atoms with Crippen molar-refractivity contribution in [3.63, 3.8) is 0 Å². The van der Waals surface area contributed by atoms with Crippen LogP contribution < -0.4 is 10.6 Å². The lowest BCUT2D eigenvalue weighted by atomic mass is 10.1. The minimum Gasteiger partial charge on any atom is -0.358 e. The number of anilines is 1. The molecule has 0 amide bonds. The molecule has 0 unspecified atom stereocenters. The molecule has 144 valence electrons. The molecule has 0 aliphatic carbocycles. The van der Waals surface area contributed by atoms with E-state index in [1.165, 1.54) is 5.56 Å². The molecular weight excluding hydrogens is 376 g/mol. The highest BCUT2D eigenvalue weighted by Crippen LogP contribution is 2.23. The number of nitrogens with zero attached hydrogens (tertiary/aromatic N) is 2. The fourth-order valence-electron chi connectivity index (χ4n) is 3.08. The van der Waals surface area contributed by atoms with Gasteiger partial charge in [-0.25, -0.2) is 4.68 Å². The maximum Gasteiger partial charge on any atom is 0.171 e. The third-order valence-corrected chi connectivity index (χ3v) is 4.85. The fraction of sp³-hybridized carbons (Fsp3) is 0.0833. The first-order valence-corrected chi connectivity index (χ1v) is 9.91. The third kappa shape index (κ3) is 4.70. The standard InChI is InChI=1S/C24H22N4S/c1-18-12-14-21(15-13-18)26-24(29)25-16-20-17-28(22-10-6-3-7-11-22)27-23(20)19-8-4-2-5-9-19/h2-15,17H,16H2,1H3,(H2,25,26,29). The average Bonchev–Trinajstić information content (AvgIpc) is 3.20. The molecule has 0 aliphatic rings. The second kappa shape index (κ2) is 8.71. The molecule has 0 radical (unpaired) electrons. The van der Waals surface area contributed by atoms with Gasteiger partial charge in [0.25, 0.3) is 0 Å². The van der Waals surface area contributed by atoms with Gasteiger partial charge in [0.1, 0.15) is 0 Å². The van der Waals surface area contributed by atoms with Crippen LogP contribution in [0.3, 0.4) is 0 Å². The van der Waals surface area contributed by atoms with Gasteiger partial charge in [0, 0.05) is 29.6 Å². The second-order valence-electron chi connectivity index (χ2n) is 6.82. The van der Waals surface area contributed by atoms with Crippen molar-refractivity contribution in [2.75, 3.05) is 5.32 Å². The van der Waals surface area contributed by atoms with E-state index in [2.05, 4.69) is 48.0 Å². The lowest BCUT2D eigenvalue weighted by molar-refractivity contribution is 0.879. The Morgan fingerprint density at radius 2 is 1.55 bits per heavy atom. The van der Waals surface area contributed by atoms with Gasteiger partial charge in [0.05, 0.1) is 11.4 Å². The van der Waals surface area contributed by atoms with E-state index in [1.54, 1.807) is 0 Å². The summed E-state index contributed by atoms with van der Waals surface area (Å²) in [5.41, 5.74) is 6.31. The molecule has 0 fully saturated rings. The molecular formula is C24H22N4S. The predicted molar refractivity (Wildman–Crippen MR) is 123 cm³/mol. The summed E-state index contributed by atoms with van der Waals surface area (Å²) in [6.45, 7) is 2.64. The molecule has 1 heterocycles. The van der Waals surface area contributed by atoms with Crippen LogP contribution in [0.5, 0.6) is 0 Å². The largest absolute Gasteiger partial charge is 0.358 e. The highest BCUT2D eigenvalue weighted by molar-refractivity contribution is 7.80. The first kappa shape index (κ1) is 18.9. The fourth-order valence-corrected chi connectivity index (χ4v) is 3.27. The first-order chi connectivity index (χ1) is 14.2. The van der Waals surface area contributed by atoms with Crippen LogP contribution in [0, 0.1) is 6.92 Å². The van der Waals surface area contributed by atoms with Gasteiger partial charge in [0.2, 0.25) is 0 Å². The van der Waals surface area contributed by atoms with E-state index in [9.17, 15) is 0 Å². The van der Waals surface area contributed by atoms with Crippen molar-refractivity contribution in [1.29, 1.82) is 0 Å². The monoisotopic (exact) mass is 398 g/mol. The number of rotatable bonds is 5. The van der Waals surface area contributed by atoms with E-state index in [1.807, 2.05) is 65.3 Å². The van der Waals surface area contributed by atoms with Crippen LogP contribution in [0.2, 0.25) is 0 Å². The highest BCUT2D eigenvalue weighted by Gasteiger charge is 2.12. The lowest BCUT2D eigenvalue weighted by Crippen LogP contribution is -2.27. The molecule has 5 heteroatoms. The SMILES string of the molecule is Cc1ccc(NC(=S)NCc2cn(-c3ccccc3)nc2-c2ccccc2)cc1. The minimum atomic E-state index is 0.578. The van der Waals surface area contributed by atoms with E-state index < -0.39 is 0 Å². The highest BCUT2D eigenvalue weighted by atomic mass is 32.1. The number of nitrogens with one attached hydrogen (secondary N) is 2. The number of aromatic nitrogens is 2. The maximum absolute atomic E-state index is 5.48. The van der Waals surface area contributed by atoms with Gasteiger partial charge >= 0.3 is 0 Å². The zero-order chi connectivity index (χ0) is 20.1. The van der Waals surface area contributed by atoms with Gasteiger partial charge in [0.15, 0.2) is 5.11 Å². The van der Waals surface area contributed by atoms with Crippen LogP contribution in [-0.2, 0) is 6.54 Å². The van der Waals surface area contributed by atoms with Crippen LogP contribution in [0.25, 0.3) is 16.9 Å². The average molecular weight is 399 g/mol. The molecule has 0 bridgehead atoms. The van der Waals surface area contributed by atoms with E-state index in [0.717, 1.165) is 28.2 Å². The Balaban J connectivity index is 1.54. The molecule has 0 saturated carbocycles. The number of para-hydroxylation sites is 1. The van der Waals surface area contributed by atoms with Crippen LogP contribution in [0.1, 0.15) is 11.1 Å². The van der Waals surface area contributed by atoms with Gasteiger partial charge in [-0.2, -0.15) is 5.10 Å². The summed E-state index contributed by atoms with van der Waals surface area (Å²) < 4.78 is 1.91. The molecule has 0 saturated heterocycles. The summed E-state index contributed by atoms with van der Waals surface area (Å²) in [5, 5.41) is 12.0. The quantitative estimate of drug-likeness (QED) is 0.446. The van der Waals surface area contributed by atoms with Gasteiger partial charge in [-0.3, -0.25) is 0 Å². The van der Waals surface area contributed by atoms with Crippen molar-refractivity contribution in [2.24, 2.45) is 0 Å². The molecule has 0 spiro atoms. The molecule has 1 aromatic heterocycles. The number of hydrogen-bond acceptors (Lipinski definition) is 2. The molecule has 0 aliphatic heterocycles. The Kier molecular flexibility index (Phi) is 5.68. The zero-order valence-corrected chi connectivity index (χ0v) is 17.0. The van der Waals surface area contributed by atoms with Gasteiger partial charge in [-0.05, 0) is 43.4 Å². The van der Waals surface area contributed by atoms with Gasteiger partial charge < -0.3 is 10.6 Å². The number of benzene rings is 3. The summed E-state index contributed by atoms with van der Waals surface area (Å²) in [6, 6.07) is 28.5. The van der Waals surface area contributed by atoms with Crippen LogP contribution >= 0.6 is 12.2 Å². The molecule has 2 N–H and O–H groups in total. The molecule has 29 heavy (non-hydrogen) atoms. The second-order valence-corrected chi connectivity index (χ2v) is 7.23. The zero-order valence-electron chi connectivity index (χ0n) is 16.2. The van der Waals surface area contributed by atoms with Crippen molar-refractivity contribution in [1.82, 2.24) is 15.1 Å². The Morgan fingerprint density at radius 1 is 0.897 bits per heavy atom.